The zero-order valence-electron chi connectivity index (χ0n) is 13.0. The summed E-state index contributed by atoms with van der Waals surface area (Å²) in [7, 11) is 0. The molecule has 0 aliphatic heterocycles. The van der Waals surface area contributed by atoms with Crippen molar-refractivity contribution in [1.82, 2.24) is 15.3 Å². The molecule has 116 valence electrons. The lowest BCUT2D eigenvalue weighted by Gasteiger charge is -2.13. The molecule has 0 aliphatic carbocycles. The van der Waals surface area contributed by atoms with Crippen molar-refractivity contribution in [3.63, 3.8) is 0 Å². The van der Waals surface area contributed by atoms with Crippen LogP contribution in [0.2, 0.25) is 0 Å². The Morgan fingerprint density at radius 2 is 2.05 bits per heavy atom. The van der Waals surface area contributed by atoms with Gasteiger partial charge < -0.3 is 11.1 Å². The van der Waals surface area contributed by atoms with E-state index in [1.165, 1.54) is 5.56 Å². The van der Waals surface area contributed by atoms with Crippen molar-refractivity contribution in [2.75, 3.05) is 6.54 Å². The SMILES string of the molecule is Cc1cnc(CN)nc1C(=O)NCCC(C)c1ccccc1. The smallest absolute Gasteiger partial charge is 0.270 e. The minimum Gasteiger partial charge on any atom is -0.351 e. The molecule has 1 unspecified atom stereocenters. The quantitative estimate of drug-likeness (QED) is 0.856. The number of nitrogens with zero attached hydrogens (tertiary/aromatic N) is 2. The van der Waals surface area contributed by atoms with Gasteiger partial charge in [-0.25, -0.2) is 9.97 Å². The van der Waals surface area contributed by atoms with Crippen LogP contribution in [0.3, 0.4) is 0 Å². The second kappa shape index (κ2) is 7.66. The molecule has 1 atom stereocenters. The van der Waals surface area contributed by atoms with Crippen molar-refractivity contribution < 1.29 is 4.79 Å². The highest BCUT2D eigenvalue weighted by atomic mass is 16.1. The fourth-order valence-electron chi connectivity index (χ4n) is 2.24. The van der Waals surface area contributed by atoms with Gasteiger partial charge in [-0.2, -0.15) is 0 Å². The molecule has 1 heterocycles. The molecule has 1 aromatic carbocycles. The topological polar surface area (TPSA) is 80.9 Å². The Morgan fingerprint density at radius 1 is 1.32 bits per heavy atom. The van der Waals surface area contributed by atoms with E-state index in [4.69, 9.17) is 5.73 Å². The third kappa shape index (κ3) is 4.11. The van der Waals surface area contributed by atoms with E-state index in [0.29, 0.717) is 24.0 Å². The molecular formula is C17H22N4O. The van der Waals surface area contributed by atoms with Crippen molar-refractivity contribution in [3.05, 3.63) is 59.2 Å². The first-order valence-corrected chi connectivity index (χ1v) is 7.47. The number of aromatic nitrogens is 2. The molecular weight excluding hydrogens is 276 g/mol. The van der Waals surface area contributed by atoms with Crippen molar-refractivity contribution in [2.45, 2.75) is 32.7 Å². The molecule has 2 aromatic rings. The third-order valence-corrected chi connectivity index (χ3v) is 3.65. The maximum absolute atomic E-state index is 12.2. The summed E-state index contributed by atoms with van der Waals surface area (Å²) in [5.74, 6) is 0.705. The molecule has 2 rings (SSSR count). The highest BCUT2D eigenvalue weighted by molar-refractivity contribution is 5.93. The molecule has 5 heteroatoms. The van der Waals surface area contributed by atoms with Crippen LogP contribution in [0.25, 0.3) is 0 Å². The molecule has 0 bridgehead atoms. The summed E-state index contributed by atoms with van der Waals surface area (Å²) in [5, 5.41) is 2.92. The molecule has 0 fully saturated rings. The Labute approximate surface area is 131 Å². The van der Waals surface area contributed by atoms with E-state index in [0.717, 1.165) is 12.0 Å². The average molecular weight is 298 g/mol. The number of aryl methyl sites for hydroxylation is 1. The highest BCUT2D eigenvalue weighted by Gasteiger charge is 2.12. The Morgan fingerprint density at radius 3 is 2.73 bits per heavy atom. The molecule has 0 saturated carbocycles. The van der Waals surface area contributed by atoms with Crippen LogP contribution in [-0.4, -0.2) is 22.4 Å². The first-order chi connectivity index (χ1) is 10.6. The van der Waals surface area contributed by atoms with Crippen molar-refractivity contribution in [2.24, 2.45) is 5.73 Å². The van der Waals surface area contributed by atoms with Gasteiger partial charge in [0.05, 0.1) is 6.54 Å². The van der Waals surface area contributed by atoms with Gasteiger partial charge in [-0.15, -0.1) is 0 Å². The number of benzene rings is 1. The normalized spacial score (nSPS) is 12.0. The maximum atomic E-state index is 12.2. The first kappa shape index (κ1) is 16.1. The highest BCUT2D eigenvalue weighted by Crippen LogP contribution is 2.17. The average Bonchev–Trinajstić information content (AvgIpc) is 2.55. The predicted octanol–water partition coefficient (Wildman–Crippen LogP) is 2.17. The number of carbonyl (C=O) groups excluding carboxylic acids is 1. The molecule has 0 radical (unpaired) electrons. The number of amides is 1. The van der Waals surface area contributed by atoms with Gasteiger partial charge in [0, 0.05) is 12.7 Å². The van der Waals surface area contributed by atoms with Gasteiger partial charge in [0.25, 0.3) is 5.91 Å². The summed E-state index contributed by atoms with van der Waals surface area (Å²) in [4.78, 5) is 20.5. The van der Waals surface area contributed by atoms with Crippen molar-refractivity contribution in [3.8, 4) is 0 Å². The van der Waals surface area contributed by atoms with E-state index in [1.54, 1.807) is 6.20 Å². The van der Waals surface area contributed by atoms with Crippen LogP contribution in [0.5, 0.6) is 0 Å². The van der Waals surface area contributed by atoms with Gasteiger partial charge in [-0.1, -0.05) is 37.3 Å². The molecule has 0 saturated heterocycles. The summed E-state index contributed by atoms with van der Waals surface area (Å²) in [6, 6.07) is 10.3. The third-order valence-electron chi connectivity index (χ3n) is 3.65. The lowest BCUT2D eigenvalue weighted by atomic mass is 9.98. The van der Waals surface area contributed by atoms with Gasteiger partial charge in [-0.3, -0.25) is 4.79 Å². The fourth-order valence-corrected chi connectivity index (χ4v) is 2.24. The number of nitrogens with one attached hydrogen (secondary N) is 1. The summed E-state index contributed by atoms with van der Waals surface area (Å²) >= 11 is 0. The van der Waals surface area contributed by atoms with Gasteiger partial charge in [0.15, 0.2) is 0 Å². The Balaban J connectivity index is 1.90. The summed E-state index contributed by atoms with van der Waals surface area (Å²) < 4.78 is 0. The zero-order valence-corrected chi connectivity index (χ0v) is 13.0. The van der Waals surface area contributed by atoms with Gasteiger partial charge in [0.1, 0.15) is 11.5 Å². The van der Waals surface area contributed by atoms with E-state index in [2.05, 4.69) is 34.3 Å². The van der Waals surface area contributed by atoms with E-state index >= 15 is 0 Å². The largest absolute Gasteiger partial charge is 0.351 e. The first-order valence-electron chi connectivity index (χ1n) is 7.47. The summed E-state index contributed by atoms with van der Waals surface area (Å²) in [5.41, 5.74) is 7.96. The van der Waals surface area contributed by atoms with Gasteiger partial charge >= 0.3 is 0 Å². The van der Waals surface area contributed by atoms with E-state index in [9.17, 15) is 4.79 Å². The number of rotatable bonds is 6. The number of carbonyl (C=O) groups is 1. The van der Waals surface area contributed by atoms with Crippen LogP contribution in [0, 0.1) is 6.92 Å². The van der Waals surface area contributed by atoms with Gasteiger partial charge in [0.2, 0.25) is 0 Å². The lowest BCUT2D eigenvalue weighted by Crippen LogP contribution is -2.27. The van der Waals surface area contributed by atoms with Crippen LogP contribution in [-0.2, 0) is 6.54 Å². The second-order valence-electron chi connectivity index (χ2n) is 5.38. The van der Waals surface area contributed by atoms with E-state index < -0.39 is 0 Å². The Kier molecular flexibility index (Phi) is 5.61. The van der Waals surface area contributed by atoms with E-state index in [1.807, 2.05) is 25.1 Å². The zero-order chi connectivity index (χ0) is 15.9. The van der Waals surface area contributed by atoms with Crippen LogP contribution in [0.1, 0.15) is 46.7 Å². The minimum absolute atomic E-state index is 0.171. The monoisotopic (exact) mass is 298 g/mol. The molecule has 0 spiro atoms. The second-order valence-corrected chi connectivity index (χ2v) is 5.38. The molecule has 3 N–H and O–H groups in total. The maximum Gasteiger partial charge on any atom is 0.270 e. The Bertz CT molecular complexity index is 628. The lowest BCUT2D eigenvalue weighted by molar-refractivity contribution is 0.0946. The molecule has 22 heavy (non-hydrogen) atoms. The molecule has 5 nitrogen and oxygen atoms in total. The Hall–Kier alpha value is -2.27. The van der Waals surface area contributed by atoms with Crippen molar-refractivity contribution in [1.29, 1.82) is 0 Å². The van der Waals surface area contributed by atoms with E-state index in [-0.39, 0.29) is 12.5 Å². The van der Waals surface area contributed by atoms with Crippen LogP contribution in [0.15, 0.2) is 36.5 Å². The fraction of sp³-hybridized carbons (Fsp3) is 0.353. The number of hydrogen-bond acceptors (Lipinski definition) is 4. The van der Waals surface area contributed by atoms with Crippen LogP contribution in [0.4, 0.5) is 0 Å². The van der Waals surface area contributed by atoms with Crippen LogP contribution < -0.4 is 11.1 Å². The van der Waals surface area contributed by atoms with Crippen LogP contribution >= 0.6 is 0 Å². The minimum atomic E-state index is -0.171. The van der Waals surface area contributed by atoms with Crippen molar-refractivity contribution >= 4 is 5.91 Å². The summed E-state index contributed by atoms with van der Waals surface area (Å²) in [6.07, 6.45) is 2.51. The standard InChI is InChI=1S/C17H22N4O/c1-12(14-6-4-3-5-7-14)8-9-19-17(22)16-13(2)11-20-15(10-18)21-16/h3-7,11-12H,8-10,18H2,1-2H3,(H,19,22). The number of nitrogens with two attached hydrogens (primary N) is 1. The molecule has 1 amide bonds. The number of hydrogen-bond donors (Lipinski definition) is 2. The molecule has 1 aromatic heterocycles. The summed E-state index contributed by atoms with van der Waals surface area (Å²) in [6.45, 7) is 4.81. The predicted molar refractivity (Wildman–Crippen MR) is 86.5 cm³/mol. The molecule has 0 aliphatic rings. The van der Waals surface area contributed by atoms with Gasteiger partial charge in [-0.05, 0) is 30.4 Å².